The molecule has 0 aliphatic carbocycles. The fourth-order valence-electron chi connectivity index (χ4n) is 2.52. The van der Waals surface area contributed by atoms with E-state index in [1.807, 2.05) is 0 Å². The molecule has 0 radical (unpaired) electrons. The molecular formula is C19H20Cl2N2O5S. The Kier molecular flexibility index (Phi) is 7.51. The number of anilines is 1. The average Bonchev–Trinajstić information content (AvgIpc) is 2.67. The third-order valence-electron chi connectivity index (χ3n) is 4.07. The third kappa shape index (κ3) is 5.85. The van der Waals surface area contributed by atoms with Crippen LogP contribution >= 0.6 is 23.2 Å². The second-order valence-electron chi connectivity index (χ2n) is 6.25. The van der Waals surface area contributed by atoms with Crippen LogP contribution in [0.4, 0.5) is 5.69 Å². The largest absolute Gasteiger partial charge is 0.467 e. The molecule has 1 amide bonds. The van der Waals surface area contributed by atoms with Crippen LogP contribution in [0.25, 0.3) is 0 Å². The van der Waals surface area contributed by atoms with Crippen molar-refractivity contribution >= 4 is 50.8 Å². The lowest BCUT2D eigenvalue weighted by Crippen LogP contribution is -2.39. The smallest absolute Gasteiger partial charge is 0.328 e. The maximum atomic E-state index is 12.3. The van der Waals surface area contributed by atoms with Crippen molar-refractivity contribution in [1.82, 2.24) is 5.32 Å². The Hall–Kier alpha value is -2.29. The highest BCUT2D eigenvalue weighted by Gasteiger charge is 2.21. The molecule has 7 nitrogen and oxygen atoms in total. The second kappa shape index (κ2) is 9.47. The molecule has 0 heterocycles. The molecule has 2 rings (SSSR count). The summed E-state index contributed by atoms with van der Waals surface area (Å²) in [5.41, 5.74) is 1.15. The first-order valence-electron chi connectivity index (χ1n) is 8.44. The van der Waals surface area contributed by atoms with Crippen molar-refractivity contribution in [3.05, 3.63) is 63.6 Å². The molecule has 0 bridgehead atoms. The van der Waals surface area contributed by atoms with Crippen LogP contribution in [0, 0.1) is 0 Å². The second-order valence-corrected chi connectivity index (χ2v) is 8.94. The van der Waals surface area contributed by atoms with Crippen molar-refractivity contribution in [3.63, 3.8) is 0 Å². The number of benzene rings is 2. The summed E-state index contributed by atoms with van der Waals surface area (Å²) >= 11 is 12.2. The van der Waals surface area contributed by atoms with Gasteiger partial charge in [0.25, 0.3) is 5.91 Å². The van der Waals surface area contributed by atoms with E-state index < -0.39 is 27.9 Å². The van der Waals surface area contributed by atoms with Gasteiger partial charge in [0, 0.05) is 5.56 Å². The van der Waals surface area contributed by atoms with Crippen molar-refractivity contribution in [2.24, 2.45) is 0 Å². The highest BCUT2D eigenvalue weighted by Crippen LogP contribution is 2.29. The maximum absolute atomic E-state index is 12.3. The van der Waals surface area contributed by atoms with Crippen LogP contribution in [-0.4, -0.2) is 39.7 Å². The molecule has 1 atom stereocenters. The van der Waals surface area contributed by atoms with Gasteiger partial charge in [0.05, 0.1) is 35.6 Å². The number of nitrogens with one attached hydrogen (secondary N) is 1. The minimum atomic E-state index is -3.64. The predicted molar refractivity (Wildman–Crippen MR) is 113 cm³/mol. The molecule has 1 N–H and O–H groups in total. The number of hydrogen-bond acceptors (Lipinski definition) is 5. The van der Waals surface area contributed by atoms with Gasteiger partial charge in [-0.25, -0.2) is 13.2 Å². The van der Waals surface area contributed by atoms with E-state index in [9.17, 15) is 18.0 Å². The lowest BCUT2D eigenvalue weighted by atomic mass is 10.1. The molecule has 156 valence electrons. The quantitative estimate of drug-likeness (QED) is 0.642. The zero-order chi connectivity index (χ0) is 21.8. The van der Waals surface area contributed by atoms with Crippen molar-refractivity contribution in [2.45, 2.75) is 19.5 Å². The molecule has 0 spiro atoms. The first-order chi connectivity index (χ1) is 13.5. The number of esters is 1. The number of hydrogen-bond donors (Lipinski definition) is 1. The monoisotopic (exact) mass is 458 g/mol. The first kappa shape index (κ1) is 23.0. The summed E-state index contributed by atoms with van der Waals surface area (Å²) in [6.45, 7) is 1.47. The Morgan fingerprint density at radius 1 is 1.14 bits per heavy atom. The van der Waals surface area contributed by atoms with Gasteiger partial charge >= 0.3 is 5.97 Å². The Bertz CT molecular complexity index is 1010. The van der Waals surface area contributed by atoms with Gasteiger partial charge in [-0.2, -0.15) is 0 Å². The van der Waals surface area contributed by atoms with Crippen LogP contribution in [0.15, 0.2) is 42.5 Å². The van der Waals surface area contributed by atoms with E-state index >= 15 is 0 Å². The Labute approximate surface area is 179 Å². The molecule has 29 heavy (non-hydrogen) atoms. The predicted octanol–water partition coefficient (Wildman–Crippen LogP) is 3.25. The number of amides is 1. The van der Waals surface area contributed by atoms with Gasteiger partial charge in [0.15, 0.2) is 0 Å². The molecule has 2 aromatic rings. The Morgan fingerprint density at radius 3 is 2.31 bits per heavy atom. The van der Waals surface area contributed by atoms with E-state index in [-0.39, 0.29) is 17.1 Å². The number of rotatable bonds is 7. The normalized spacial score (nSPS) is 12.2. The van der Waals surface area contributed by atoms with Crippen molar-refractivity contribution < 1.29 is 22.7 Å². The van der Waals surface area contributed by atoms with Crippen LogP contribution in [0.3, 0.4) is 0 Å². The van der Waals surface area contributed by atoms with Crippen LogP contribution in [0.5, 0.6) is 0 Å². The molecule has 0 saturated carbocycles. The van der Waals surface area contributed by atoms with Gasteiger partial charge in [-0.3, -0.25) is 9.10 Å². The van der Waals surface area contributed by atoms with Gasteiger partial charge in [-0.15, -0.1) is 0 Å². The molecule has 2 aromatic carbocycles. The van der Waals surface area contributed by atoms with E-state index in [4.69, 9.17) is 23.2 Å². The highest BCUT2D eigenvalue weighted by atomic mass is 35.5. The number of nitrogens with zero attached hydrogens (tertiary/aromatic N) is 1. The highest BCUT2D eigenvalue weighted by molar-refractivity contribution is 7.92. The molecular weight excluding hydrogens is 439 g/mol. The lowest BCUT2D eigenvalue weighted by molar-refractivity contribution is -0.142. The summed E-state index contributed by atoms with van der Waals surface area (Å²) in [7, 11) is -2.41. The Balaban J connectivity index is 2.26. The molecule has 0 saturated heterocycles. The average molecular weight is 459 g/mol. The maximum Gasteiger partial charge on any atom is 0.328 e. The van der Waals surface area contributed by atoms with E-state index in [2.05, 4.69) is 10.1 Å². The number of carbonyl (C=O) groups is 2. The van der Waals surface area contributed by atoms with Crippen molar-refractivity contribution in [2.75, 3.05) is 17.7 Å². The van der Waals surface area contributed by atoms with E-state index in [1.165, 1.54) is 38.3 Å². The van der Waals surface area contributed by atoms with Crippen LogP contribution in [0.1, 0.15) is 22.8 Å². The summed E-state index contributed by atoms with van der Waals surface area (Å²) < 4.78 is 30.4. The van der Waals surface area contributed by atoms with Crippen molar-refractivity contribution in [1.29, 1.82) is 0 Å². The number of sulfonamides is 1. The lowest BCUT2D eigenvalue weighted by Gasteiger charge is -2.23. The molecule has 10 heteroatoms. The number of ether oxygens (including phenoxy) is 1. The van der Waals surface area contributed by atoms with Crippen LogP contribution in [-0.2, 0) is 26.1 Å². The fourth-order valence-corrected chi connectivity index (χ4v) is 3.78. The van der Waals surface area contributed by atoms with Gasteiger partial charge in [-0.1, -0.05) is 35.3 Å². The van der Waals surface area contributed by atoms with Gasteiger partial charge in [0.1, 0.15) is 6.04 Å². The van der Waals surface area contributed by atoms with E-state index in [1.54, 1.807) is 18.2 Å². The summed E-state index contributed by atoms with van der Waals surface area (Å²) in [4.78, 5) is 23.7. The van der Waals surface area contributed by atoms with Gasteiger partial charge in [-0.05, 0) is 42.8 Å². The minimum Gasteiger partial charge on any atom is -0.467 e. The molecule has 0 aliphatic rings. The fraction of sp³-hybridized carbons (Fsp3) is 0.263. The van der Waals surface area contributed by atoms with Crippen LogP contribution < -0.4 is 9.62 Å². The van der Waals surface area contributed by atoms with E-state index in [0.29, 0.717) is 16.3 Å². The first-order valence-corrected chi connectivity index (χ1v) is 11.0. The van der Waals surface area contributed by atoms with Gasteiger partial charge in [0.2, 0.25) is 10.0 Å². The minimum absolute atomic E-state index is 0.0247. The summed E-state index contributed by atoms with van der Waals surface area (Å²) in [5.74, 6) is -1.06. The molecule has 0 unspecified atom stereocenters. The van der Waals surface area contributed by atoms with Crippen molar-refractivity contribution in [3.8, 4) is 0 Å². The van der Waals surface area contributed by atoms with E-state index in [0.717, 1.165) is 10.6 Å². The summed E-state index contributed by atoms with van der Waals surface area (Å²) in [6.07, 6.45) is 1.07. The number of methoxy groups -OCH3 is 1. The zero-order valence-electron chi connectivity index (χ0n) is 16.0. The SMILES string of the molecule is COC(=O)[C@H](C)NC(=O)c1ccc(N(Cc2cccc(Cl)c2Cl)S(C)(=O)=O)cc1. The van der Waals surface area contributed by atoms with Crippen LogP contribution in [0.2, 0.25) is 10.0 Å². The third-order valence-corrected chi connectivity index (χ3v) is 6.06. The molecule has 0 aromatic heterocycles. The Morgan fingerprint density at radius 2 is 1.76 bits per heavy atom. The summed E-state index contributed by atoms with van der Waals surface area (Å²) in [5, 5.41) is 3.10. The van der Waals surface area contributed by atoms with Gasteiger partial charge < -0.3 is 10.1 Å². The molecule has 0 aliphatic heterocycles. The zero-order valence-corrected chi connectivity index (χ0v) is 18.3. The standard InChI is InChI=1S/C19H20Cl2N2O5S/c1-12(19(25)28-2)22-18(24)13-7-9-15(10-8-13)23(29(3,26)27)11-14-5-4-6-16(20)17(14)21/h4-10,12H,11H2,1-3H3,(H,22,24)/t12-/m0/s1. The molecule has 0 fully saturated rings. The number of halogens is 2. The summed E-state index contributed by atoms with van der Waals surface area (Å²) in [6, 6.07) is 10.1. The topological polar surface area (TPSA) is 92.8 Å². The number of carbonyl (C=O) groups excluding carboxylic acids is 2.